The molecule has 0 aromatic carbocycles. The van der Waals surface area contributed by atoms with Crippen molar-refractivity contribution in [2.24, 2.45) is 10.9 Å². The van der Waals surface area contributed by atoms with E-state index >= 15 is 0 Å². The van der Waals surface area contributed by atoms with Crippen molar-refractivity contribution in [2.75, 3.05) is 26.7 Å². The second-order valence-corrected chi connectivity index (χ2v) is 6.32. The van der Waals surface area contributed by atoms with Crippen molar-refractivity contribution in [1.82, 2.24) is 15.5 Å². The van der Waals surface area contributed by atoms with E-state index in [9.17, 15) is 0 Å². The summed E-state index contributed by atoms with van der Waals surface area (Å²) >= 11 is 0. The Morgan fingerprint density at radius 1 is 1.24 bits per heavy atom. The van der Waals surface area contributed by atoms with E-state index < -0.39 is 0 Å². The van der Waals surface area contributed by atoms with Crippen LogP contribution >= 0.6 is 24.0 Å². The van der Waals surface area contributed by atoms with Gasteiger partial charge in [-0.15, -0.1) is 24.0 Å². The predicted octanol–water partition coefficient (Wildman–Crippen LogP) is 3.08. The zero-order valence-corrected chi connectivity index (χ0v) is 16.8. The van der Waals surface area contributed by atoms with E-state index in [1.807, 2.05) is 7.05 Å². The Morgan fingerprint density at radius 2 is 1.86 bits per heavy atom. The zero-order valence-electron chi connectivity index (χ0n) is 14.5. The third-order valence-electron chi connectivity index (χ3n) is 4.41. The molecule has 0 saturated heterocycles. The number of nitrogens with one attached hydrogen (secondary N) is 2. The summed E-state index contributed by atoms with van der Waals surface area (Å²) in [6, 6.07) is 1.21. The van der Waals surface area contributed by atoms with E-state index in [-0.39, 0.29) is 24.0 Å². The minimum absolute atomic E-state index is 0. The van der Waals surface area contributed by atoms with Gasteiger partial charge in [0.1, 0.15) is 0 Å². The smallest absolute Gasteiger partial charge is 0.191 e. The van der Waals surface area contributed by atoms with Crippen LogP contribution in [0.25, 0.3) is 0 Å². The lowest BCUT2D eigenvalue weighted by atomic mass is 9.87. The van der Waals surface area contributed by atoms with Gasteiger partial charge in [0.05, 0.1) is 0 Å². The lowest BCUT2D eigenvalue weighted by Crippen LogP contribution is -2.47. The van der Waals surface area contributed by atoms with Crippen molar-refractivity contribution in [3.05, 3.63) is 0 Å². The van der Waals surface area contributed by atoms with Crippen LogP contribution in [0.2, 0.25) is 0 Å². The summed E-state index contributed by atoms with van der Waals surface area (Å²) in [5.41, 5.74) is 0. The third-order valence-corrected chi connectivity index (χ3v) is 4.41. The minimum Gasteiger partial charge on any atom is -0.355 e. The number of guanidine groups is 1. The van der Waals surface area contributed by atoms with Crippen LogP contribution in [0.5, 0.6) is 0 Å². The van der Waals surface area contributed by atoms with Gasteiger partial charge < -0.3 is 10.6 Å². The van der Waals surface area contributed by atoms with Crippen molar-refractivity contribution in [3.8, 4) is 0 Å². The molecule has 0 spiro atoms. The summed E-state index contributed by atoms with van der Waals surface area (Å²) in [6.45, 7) is 12.2. The molecule has 1 saturated carbocycles. The van der Waals surface area contributed by atoms with Crippen LogP contribution in [0, 0.1) is 5.92 Å². The maximum atomic E-state index is 4.34. The van der Waals surface area contributed by atoms with E-state index in [2.05, 4.69) is 48.2 Å². The molecule has 0 aromatic heterocycles. The van der Waals surface area contributed by atoms with Crippen molar-refractivity contribution >= 4 is 29.9 Å². The molecule has 0 unspecified atom stereocenters. The Morgan fingerprint density at radius 3 is 2.33 bits per heavy atom. The van der Waals surface area contributed by atoms with E-state index in [1.54, 1.807) is 0 Å². The topological polar surface area (TPSA) is 39.7 Å². The standard InChI is InChI=1S/C16H34N4.HI/c1-6-20(13(2)3)12-11-18-16(17-5)19-15-9-7-14(4)8-10-15;/h13-15H,6-12H2,1-5H3,(H2,17,18,19);1H. The number of halogens is 1. The largest absolute Gasteiger partial charge is 0.355 e. The molecule has 21 heavy (non-hydrogen) atoms. The third kappa shape index (κ3) is 8.24. The Labute approximate surface area is 148 Å². The molecule has 0 atom stereocenters. The summed E-state index contributed by atoms with van der Waals surface area (Å²) in [4.78, 5) is 6.81. The number of nitrogens with zero attached hydrogens (tertiary/aromatic N) is 2. The maximum Gasteiger partial charge on any atom is 0.191 e. The Bertz CT molecular complexity index is 286. The van der Waals surface area contributed by atoms with E-state index in [0.29, 0.717) is 12.1 Å². The first kappa shape index (κ1) is 21.0. The van der Waals surface area contributed by atoms with E-state index in [0.717, 1.165) is 31.5 Å². The predicted molar refractivity (Wildman–Crippen MR) is 104 cm³/mol. The molecule has 5 heteroatoms. The molecule has 0 bridgehead atoms. The van der Waals surface area contributed by atoms with Crippen LogP contribution in [-0.4, -0.2) is 49.6 Å². The normalized spacial score (nSPS) is 23.1. The van der Waals surface area contributed by atoms with Gasteiger partial charge in [-0.25, -0.2) is 0 Å². The van der Waals surface area contributed by atoms with Gasteiger partial charge in [0, 0.05) is 32.2 Å². The molecular weight excluding hydrogens is 375 g/mol. The van der Waals surface area contributed by atoms with Crippen LogP contribution in [0.3, 0.4) is 0 Å². The number of hydrogen-bond donors (Lipinski definition) is 2. The van der Waals surface area contributed by atoms with Gasteiger partial charge in [-0.1, -0.05) is 13.8 Å². The lowest BCUT2D eigenvalue weighted by molar-refractivity contribution is 0.237. The summed E-state index contributed by atoms with van der Waals surface area (Å²) in [7, 11) is 1.86. The van der Waals surface area contributed by atoms with Gasteiger partial charge in [-0.2, -0.15) is 0 Å². The van der Waals surface area contributed by atoms with Crippen molar-refractivity contribution in [2.45, 2.75) is 65.5 Å². The Balaban J connectivity index is 0.00000400. The molecule has 4 nitrogen and oxygen atoms in total. The quantitative estimate of drug-likeness (QED) is 0.402. The molecule has 1 fully saturated rings. The average Bonchev–Trinajstić information content (AvgIpc) is 2.44. The first-order valence-electron chi connectivity index (χ1n) is 8.28. The summed E-state index contributed by atoms with van der Waals surface area (Å²) < 4.78 is 0. The number of likely N-dealkylation sites (N-methyl/N-ethyl adjacent to an activating group) is 1. The lowest BCUT2D eigenvalue weighted by Gasteiger charge is -2.29. The fourth-order valence-corrected chi connectivity index (χ4v) is 2.89. The Hall–Kier alpha value is -0.0400. The zero-order chi connectivity index (χ0) is 15.0. The number of aliphatic imine (C=N–C) groups is 1. The highest BCUT2D eigenvalue weighted by atomic mass is 127. The number of hydrogen-bond acceptors (Lipinski definition) is 2. The summed E-state index contributed by atoms with van der Waals surface area (Å²) in [5, 5.41) is 7.01. The summed E-state index contributed by atoms with van der Waals surface area (Å²) in [5.74, 6) is 1.86. The highest BCUT2D eigenvalue weighted by Crippen LogP contribution is 2.23. The van der Waals surface area contributed by atoms with Crippen molar-refractivity contribution in [3.63, 3.8) is 0 Å². The first-order chi connectivity index (χ1) is 9.56. The van der Waals surface area contributed by atoms with E-state index in [1.165, 1.54) is 25.7 Å². The fraction of sp³-hybridized carbons (Fsp3) is 0.938. The van der Waals surface area contributed by atoms with Gasteiger partial charge in [-0.3, -0.25) is 9.89 Å². The second kappa shape index (κ2) is 11.5. The molecule has 1 rings (SSSR count). The van der Waals surface area contributed by atoms with Crippen LogP contribution in [0.4, 0.5) is 0 Å². The minimum atomic E-state index is 0. The molecule has 0 amide bonds. The van der Waals surface area contributed by atoms with Gasteiger partial charge in [0.25, 0.3) is 0 Å². The van der Waals surface area contributed by atoms with Gasteiger partial charge >= 0.3 is 0 Å². The van der Waals surface area contributed by atoms with Crippen LogP contribution in [0.15, 0.2) is 4.99 Å². The van der Waals surface area contributed by atoms with Crippen molar-refractivity contribution in [1.29, 1.82) is 0 Å². The van der Waals surface area contributed by atoms with Gasteiger partial charge in [0.15, 0.2) is 5.96 Å². The highest BCUT2D eigenvalue weighted by Gasteiger charge is 2.18. The number of rotatable bonds is 6. The molecule has 1 aliphatic rings. The molecule has 126 valence electrons. The monoisotopic (exact) mass is 410 g/mol. The SMILES string of the molecule is CCN(CCNC(=NC)NC1CCC(C)CC1)C(C)C.I. The molecule has 0 heterocycles. The summed E-state index contributed by atoms with van der Waals surface area (Å²) in [6.07, 6.45) is 5.22. The Kier molecular flexibility index (Phi) is 11.5. The van der Waals surface area contributed by atoms with Crippen LogP contribution in [0.1, 0.15) is 53.4 Å². The molecule has 2 N–H and O–H groups in total. The second-order valence-electron chi connectivity index (χ2n) is 6.32. The molecule has 0 aromatic rings. The fourth-order valence-electron chi connectivity index (χ4n) is 2.89. The van der Waals surface area contributed by atoms with Crippen molar-refractivity contribution < 1.29 is 0 Å². The first-order valence-corrected chi connectivity index (χ1v) is 8.28. The van der Waals surface area contributed by atoms with Crippen LogP contribution in [-0.2, 0) is 0 Å². The molecule has 0 aliphatic heterocycles. The van der Waals surface area contributed by atoms with Gasteiger partial charge in [0.2, 0.25) is 0 Å². The molecular formula is C16H35IN4. The maximum absolute atomic E-state index is 4.34. The highest BCUT2D eigenvalue weighted by molar-refractivity contribution is 14.0. The van der Waals surface area contributed by atoms with Crippen LogP contribution < -0.4 is 10.6 Å². The average molecular weight is 410 g/mol. The van der Waals surface area contributed by atoms with E-state index in [4.69, 9.17) is 0 Å². The van der Waals surface area contributed by atoms with Gasteiger partial charge in [-0.05, 0) is 52.0 Å². The molecule has 0 radical (unpaired) electrons. The molecule has 1 aliphatic carbocycles.